The van der Waals surface area contributed by atoms with E-state index in [9.17, 15) is 2.74 Å². The minimum absolute atomic E-state index is 0.00772. The Morgan fingerprint density at radius 1 is 0.730 bits per heavy atom. The number of pyridine rings is 1. The summed E-state index contributed by atoms with van der Waals surface area (Å²) in [6, 6.07) is 34.6. The van der Waals surface area contributed by atoms with Crippen LogP contribution in [0.2, 0.25) is 0 Å². The highest BCUT2D eigenvalue weighted by molar-refractivity contribution is 6.08. The number of ether oxygens (including phenoxy) is 2. The maximum Gasteiger partial charge on any atom is 0.217 e. The fourth-order valence-electron chi connectivity index (χ4n) is 9.67. The summed E-state index contributed by atoms with van der Waals surface area (Å²) in [4.78, 5) is 10.3. The third-order valence-electron chi connectivity index (χ3n) is 13.8. The molecule has 0 bridgehead atoms. The molecular weight excluding hydrogens is 771 g/mol. The largest absolute Gasteiger partial charge is 0.464 e. The number of fused-ring (bicyclic) bond motifs is 6. The zero-order chi connectivity index (χ0) is 47.0. The molecule has 3 heterocycles. The van der Waals surface area contributed by atoms with Gasteiger partial charge in [0.2, 0.25) is 5.90 Å². The van der Waals surface area contributed by atoms with Crippen molar-refractivity contribution in [3.05, 3.63) is 153 Å². The summed E-state index contributed by atoms with van der Waals surface area (Å²) in [6.07, 6.45) is 0.0890. The van der Waals surface area contributed by atoms with Gasteiger partial charge in [0.05, 0.1) is 11.2 Å². The Hall–Kier alpha value is -5.68. The standard InChI is InChI=1S/C58H65N3O2/c1-34(2)44-18-16-20-49(56(11,12)13)51(44)37-26-38(53-60-57(14)33-47-36(4)35(3)21-23-48(47)58(57,15)63-53)28-42(27-37)62-43-30-40(55(8,9)10)29-41(32-43)61-50-24-22-39(54(5,6)7)31-46(50)45-19-17-25-59-52(45)61/h16-32,34H,33H2,1-15H3/t57-,58+/m1/s1/i33D2. The van der Waals surface area contributed by atoms with Crippen LogP contribution in [0.5, 0.6) is 11.5 Å². The van der Waals surface area contributed by atoms with E-state index in [-0.39, 0.29) is 22.2 Å². The first-order valence-corrected chi connectivity index (χ1v) is 22.7. The maximum absolute atomic E-state index is 9.68. The zero-order valence-corrected chi connectivity index (χ0v) is 40.1. The fourth-order valence-corrected chi connectivity index (χ4v) is 9.67. The molecule has 5 heteroatoms. The van der Waals surface area contributed by atoms with Crippen LogP contribution in [0.4, 0.5) is 0 Å². The van der Waals surface area contributed by atoms with E-state index in [0.717, 1.165) is 55.6 Å². The van der Waals surface area contributed by atoms with Crippen LogP contribution < -0.4 is 4.74 Å². The molecule has 2 atom stereocenters. The maximum atomic E-state index is 9.68. The second-order valence-corrected chi connectivity index (χ2v) is 21.9. The molecule has 2 aromatic heterocycles. The number of aryl methyl sites for hydroxylation is 1. The van der Waals surface area contributed by atoms with E-state index in [1.807, 2.05) is 52.1 Å². The van der Waals surface area contributed by atoms with Gasteiger partial charge in [0.25, 0.3) is 0 Å². The molecule has 1 aliphatic heterocycles. The van der Waals surface area contributed by atoms with Crippen molar-refractivity contribution in [1.29, 1.82) is 0 Å². The molecule has 0 radical (unpaired) electrons. The SMILES string of the molecule is [2H]C1([2H])c2c(ccc(C)c2C)[C@]2(C)OC(c3cc(Oc4cc(-n5c6ccc(C(C)(C)C)cc6c6cccnc65)cc(C(C)(C)C)c4)cc(-c4c(C(C)C)cccc4C(C)(C)C)c3)=N[C@]12C. The van der Waals surface area contributed by atoms with Crippen LogP contribution in [0.25, 0.3) is 38.8 Å². The van der Waals surface area contributed by atoms with Crippen LogP contribution in [0, 0.1) is 13.8 Å². The fraction of sp³-hybridized carbons (Fsp3) is 0.379. The lowest BCUT2D eigenvalue weighted by molar-refractivity contribution is 0.0450. The second-order valence-electron chi connectivity index (χ2n) is 21.9. The lowest BCUT2D eigenvalue weighted by atomic mass is 9.78. The minimum atomic E-state index is -1.78. The van der Waals surface area contributed by atoms with Crippen LogP contribution >= 0.6 is 0 Å². The monoisotopic (exact) mass is 838 g/mol. The summed E-state index contributed by atoms with van der Waals surface area (Å²) in [5.41, 5.74) is 11.6. The minimum Gasteiger partial charge on any atom is -0.464 e. The van der Waals surface area contributed by atoms with Gasteiger partial charge in [-0.25, -0.2) is 9.98 Å². The molecule has 9 rings (SSSR count). The summed E-state index contributed by atoms with van der Waals surface area (Å²) < 4.78 is 35.9. The van der Waals surface area contributed by atoms with E-state index in [0.29, 0.717) is 23.0 Å². The number of benzene rings is 5. The number of hydrogen-bond donors (Lipinski definition) is 0. The third-order valence-corrected chi connectivity index (χ3v) is 13.8. The van der Waals surface area contributed by atoms with E-state index in [4.69, 9.17) is 19.5 Å². The molecule has 0 spiro atoms. The van der Waals surface area contributed by atoms with Crippen LogP contribution in [-0.4, -0.2) is 21.0 Å². The first-order chi connectivity index (χ1) is 30.2. The first-order valence-electron chi connectivity index (χ1n) is 23.7. The molecule has 63 heavy (non-hydrogen) atoms. The van der Waals surface area contributed by atoms with Gasteiger partial charge in [-0.3, -0.25) is 4.57 Å². The smallest absolute Gasteiger partial charge is 0.217 e. The van der Waals surface area contributed by atoms with Crippen molar-refractivity contribution in [3.8, 4) is 28.3 Å². The average Bonchev–Trinajstić information content (AvgIpc) is 3.75. The Kier molecular flexibility index (Phi) is 9.18. The van der Waals surface area contributed by atoms with Gasteiger partial charge in [-0.2, -0.15) is 0 Å². The van der Waals surface area contributed by atoms with Gasteiger partial charge in [-0.1, -0.05) is 113 Å². The lowest BCUT2D eigenvalue weighted by Crippen LogP contribution is -2.40. The van der Waals surface area contributed by atoms with Crippen LogP contribution in [0.15, 0.2) is 108 Å². The molecule has 0 amide bonds. The van der Waals surface area contributed by atoms with E-state index in [1.165, 1.54) is 27.6 Å². The molecule has 5 nitrogen and oxygen atoms in total. The van der Waals surface area contributed by atoms with Crippen molar-refractivity contribution < 1.29 is 12.2 Å². The average molecular weight is 838 g/mol. The van der Waals surface area contributed by atoms with Gasteiger partial charge in [-0.15, -0.1) is 0 Å². The Balaban J connectivity index is 1.26. The van der Waals surface area contributed by atoms with Crippen molar-refractivity contribution in [2.75, 3.05) is 0 Å². The Labute approximate surface area is 378 Å². The molecule has 0 N–H and O–H groups in total. The number of aliphatic imine (C=N–C) groups is 1. The van der Waals surface area contributed by atoms with Gasteiger partial charge >= 0.3 is 0 Å². The van der Waals surface area contributed by atoms with Crippen LogP contribution in [0.1, 0.15) is 149 Å². The Morgan fingerprint density at radius 2 is 1.44 bits per heavy atom. The van der Waals surface area contributed by atoms with Crippen molar-refractivity contribution >= 4 is 27.8 Å². The molecule has 0 saturated heterocycles. The third kappa shape index (κ3) is 7.07. The van der Waals surface area contributed by atoms with E-state index < -0.39 is 17.5 Å². The molecule has 0 fully saturated rings. The Bertz CT molecular complexity index is 3120. The first kappa shape index (κ1) is 40.1. The summed E-state index contributed by atoms with van der Waals surface area (Å²) in [6.45, 7) is 32.7. The van der Waals surface area contributed by atoms with Crippen LogP contribution in [-0.2, 0) is 33.0 Å². The topological polar surface area (TPSA) is 48.6 Å². The lowest BCUT2D eigenvalue weighted by Gasteiger charge is -2.31. The normalized spacial score (nSPS) is 20.1. The Morgan fingerprint density at radius 3 is 2.14 bits per heavy atom. The molecule has 1 aliphatic carbocycles. The highest BCUT2D eigenvalue weighted by Gasteiger charge is 2.59. The van der Waals surface area contributed by atoms with E-state index >= 15 is 0 Å². The summed E-state index contributed by atoms with van der Waals surface area (Å²) in [7, 11) is 0. The highest BCUT2D eigenvalue weighted by Crippen LogP contribution is 2.54. The highest BCUT2D eigenvalue weighted by atomic mass is 16.5. The van der Waals surface area contributed by atoms with Gasteiger partial charge in [-0.05, 0) is 155 Å². The molecule has 5 aromatic carbocycles. The van der Waals surface area contributed by atoms with Gasteiger partial charge < -0.3 is 9.47 Å². The number of aromatic nitrogens is 2. The van der Waals surface area contributed by atoms with Crippen molar-refractivity contribution in [1.82, 2.24) is 9.55 Å². The van der Waals surface area contributed by atoms with Crippen molar-refractivity contribution in [3.63, 3.8) is 0 Å². The molecule has 324 valence electrons. The van der Waals surface area contributed by atoms with Crippen molar-refractivity contribution in [2.45, 2.75) is 144 Å². The summed E-state index contributed by atoms with van der Waals surface area (Å²) in [5.74, 6) is 1.99. The predicted molar refractivity (Wildman–Crippen MR) is 264 cm³/mol. The molecule has 0 saturated carbocycles. The molecule has 0 unspecified atom stereocenters. The number of hydrogen-bond acceptors (Lipinski definition) is 4. The quantitative estimate of drug-likeness (QED) is 0.168. The van der Waals surface area contributed by atoms with E-state index in [1.54, 1.807) is 0 Å². The van der Waals surface area contributed by atoms with E-state index in [2.05, 4.69) is 160 Å². The molecule has 7 aromatic rings. The van der Waals surface area contributed by atoms with Gasteiger partial charge in [0, 0.05) is 43.3 Å². The second kappa shape index (κ2) is 14.4. The predicted octanol–water partition coefficient (Wildman–Crippen LogP) is 15.3. The zero-order valence-electron chi connectivity index (χ0n) is 42.1. The van der Waals surface area contributed by atoms with Crippen LogP contribution in [0.3, 0.4) is 0 Å². The number of nitrogens with zero attached hydrogens (tertiary/aromatic N) is 3. The summed E-state index contributed by atoms with van der Waals surface area (Å²) >= 11 is 0. The summed E-state index contributed by atoms with van der Waals surface area (Å²) in [5, 5.41) is 2.27. The van der Waals surface area contributed by atoms with Gasteiger partial charge in [0.15, 0.2) is 5.60 Å². The number of rotatable bonds is 6. The molecule has 2 aliphatic rings. The molecular formula is C58H65N3O2. The van der Waals surface area contributed by atoms with Gasteiger partial charge in [0.1, 0.15) is 22.7 Å². The van der Waals surface area contributed by atoms with Crippen molar-refractivity contribution in [2.24, 2.45) is 4.99 Å².